The number of nitrogens with zero attached hydrogens (tertiary/aromatic N) is 2. The first-order chi connectivity index (χ1) is 13.7. The van der Waals surface area contributed by atoms with Gasteiger partial charge in [-0.05, 0) is 46.5 Å². The summed E-state index contributed by atoms with van der Waals surface area (Å²) in [4.78, 5) is 29.3. The minimum Gasteiger partial charge on any atom is -0.330 e. The first-order valence-electron chi connectivity index (χ1n) is 9.51. The van der Waals surface area contributed by atoms with Crippen molar-refractivity contribution in [1.29, 1.82) is 0 Å². The molecular weight excluding hydrogens is 348 g/mol. The summed E-state index contributed by atoms with van der Waals surface area (Å²) in [6.07, 6.45) is 0. The van der Waals surface area contributed by atoms with Crippen LogP contribution in [0.2, 0.25) is 0 Å². The molecule has 0 aliphatic carbocycles. The van der Waals surface area contributed by atoms with E-state index in [0.717, 1.165) is 11.1 Å². The van der Waals surface area contributed by atoms with E-state index in [4.69, 9.17) is 0 Å². The summed E-state index contributed by atoms with van der Waals surface area (Å²) in [5.74, 6) is 0.135. The van der Waals surface area contributed by atoms with Gasteiger partial charge in [-0.15, -0.1) is 0 Å². The lowest BCUT2D eigenvalue weighted by Crippen LogP contribution is -2.25. The maximum atomic E-state index is 12.7. The largest absolute Gasteiger partial charge is 0.330 e. The second-order valence-electron chi connectivity index (χ2n) is 7.44. The number of carbonyl (C=O) groups is 2. The van der Waals surface area contributed by atoms with E-state index in [-0.39, 0.29) is 11.8 Å². The highest BCUT2D eigenvalue weighted by molar-refractivity contribution is 5.95. The van der Waals surface area contributed by atoms with Crippen LogP contribution < -0.4 is 0 Å². The predicted molar refractivity (Wildman–Crippen MR) is 106 cm³/mol. The average molecular weight is 368 g/mol. The summed E-state index contributed by atoms with van der Waals surface area (Å²) >= 11 is 0. The van der Waals surface area contributed by atoms with Crippen molar-refractivity contribution in [3.8, 4) is 0 Å². The van der Waals surface area contributed by atoms with E-state index in [9.17, 15) is 9.59 Å². The van der Waals surface area contributed by atoms with E-state index in [1.165, 1.54) is 22.3 Å². The third-order valence-electron chi connectivity index (χ3n) is 5.58. The molecule has 0 spiro atoms. The van der Waals surface area contributed by atoms with Crippen LogP contribution in [0.25, 0.3) is 0 Å². The van der Waals surface area contributed by atoms with Crippen molar-refractivity contribution >= 4 is 11.8 Å². The third kappa shape index (κ3) is 2.87. The molecule has 0 saturated carbocycles. The summed E-state index contributed by atoms with van der Waals surface area (Å²) in [6, 6.07) is 23.2. The Labute approximate surface area is 164 Å². The Morgan fingerprint density at radius 1 is 0.536 bits per heavy atom. The molecule has 138 valence electrons. The van der Waals surface area contributed by atoms with Gasteiger partial charge in [0.15, 0.2) is 0 Å². The SMILES string of the molecule is O=C(c1ccccc1)N1Cc2cc3c(cc2C1)CN(C(=O)c1ccccc1)C3. The van der Waals surface area contributed by atoms with Crippen molar-refractivity contribution in [2.45, 2.75) is 26.2 Å². The maximum absolute atomic E-state index is 12.7. The number of amides is 2. The highest BCUT2D eigenvalue weighted by Gasteiger charge is 2.29. The standard InChI is InChI=1S/C24H20N2O2/c27-23(17-7-3-1-4-8-17)25-13-19-11-21-15-26(16-22(21)12-20(19)14-25)24(28)18-9-5-2-6-10-18/h1-12H,13-16H2. The fourth-order valence-electron chi connectivity index (χ4n) is 4.13. The summed E-state index contributed by atoms with van der Waals surface area (Å²) < 4.78 is 0. The zero-order valence-corrected chi connectivity index (χ0v) is 15.5. The molecule has 4 heteroatoms. The van der Waals surface area contributed by atoms with Crippen molar-refractivity contribution in [3.63, 3.8) is 0 Å². The highest BCUT2D eigenvalue weighted by atomic mass is 16.2. The van der Waals surface area contributed by atoms with Crippen LogP contribution in [0.3, 0.4) is 0 Å². The number of fused-ring (bicyclic) bond motifs is 2. The average Bonchev–Trinajstić information content (AvgIpc) is 3.35. The van der Waals surface area contributed by atoms with Gasteiger partial charge >= 0.3 is 0 Å². The van der Waals surface area contributed by atoms with Crippen molar-refractivity contribution in [2.75, 3.05) is 0 Å². The lowest BCUT2D eigenvalue weighted by atomic mass is 10.0. The third-order valence-corrected chi connectivity index (χ3v) is 5.58. The number of benzene rings is 3. The minimum absolute atomic E-state index is 0.0674. The van der Waals surface area contributed by atoms with Gasteiger partial charge < -0.3 is 9.80 Å². The molecule has 3 aromatic carbocycles. The number of carbonyl (C=O) groups excluding carboxylic acids is 2. The summed E-state index contributed by atoms with van der Waals surface area (Å²) in [5.41, 5.74) is 6.22. The predicted octanol–water partition coefficient (Wildman–Crippen LogP) is 4.00. The lowest BCUT2D eigenvalue weighted by molar-refractivity contribution is 0.0747. The van der Waals surface area contributed by atoms with Crippen LogP contribution in [0, 0.1) is 0 Å². The summed E-state index contributed by atoms with van der Waals surface area (Å²) in [5, 5.41) is 0. The van der Waals surface area contributed by atoms with E-state index < -0.39 is 0 Å². The molecule has 0 atom stereocenters. The van der Waals surface area contributed by atoms with E-state index in [1.807, 2.05) is 70.5 Å². The maximum Gasteiger partial charge on any atom is 0.254 e. The molecule has 3 aromatic rings. The van der Waals surface area contributed by atoms with Crippen molar-refractivity contribution in [2.24, 2.45) is 0 Å². The second-order valence-corrected chi connectivity index (χ2v) is 7.44. The Morgan fingerprint density at radius 3 is 1.18 bits per heavy atom. The Kier molecular flexibility index (Phi) is 3.97. The van der Waals surface area contributed by atoms with Crippen LogP contribution in [0.1, 0.15) is 43.0 Å². The normalized spacial score (nSPS) is 14.7. The van der Waals surface area contributed by atoms with E-state index in [1.54, 1.807) is 0 Å². The topological polar surface area (TPSA) is 40.6 Å². The number of rotatable bonds is 2. The van der Waals surface area contributed by atoms with Crippen LogP contribution in [-0.4, -0.2) is 21.6 Å². The minimum atomic E-state index is 0.0674. The van der Waals surface area contributed by atoms with Crippen LogP contribution >= 0.6 is 0 Å². The van der Waals surface area contributed by atoms with Crippen LogP contribution in [-0.2, 0) is 26.2 Å². The van der Waals surface area contributed by atoms with Crippen LogP contribution in [0.4, 0.5) is 0 Å². The number of hydrogen-bond donors (Lipinski definition) is 0. The van der Waals surface area contributed by atoms with E-state index >= 15 is 0 Å². The van der Waals surface area contributed by atoms with Gasteiger partial charge in [0.05, 0.1) is 0 Å². The number of hydrogen-bond acceptors (Lipinski definition) is 2. The van der Waals surface area contributed by atoms with Gasteiger partial charge in [-0.3, -0.25) is 9.59 Å². The zero-order valence-electron chi connectivity index (χ0n) is 15.5. The Bertz CT molecular complexity index is 943. The summed E-state index contributed by atoms with van der Waals surface area (Å²) in [6.45, 7) is 2.51. The fourth-order valence-corrected chi connectivity index (χ4v) is 4.13. The van der Waals surface area contributed by atoms with Crippen molar-refractivity contribution in [3.05, 3.63) is 106 Å². The van der Waals surface area contributed by atoms with Gasteiger partial charge in [-0.25, -0.2) is 0 Å². The molecule has 0 radical (unpaired) electrons. The summed E-state index contributed by atoms with van der Waals surface area (Å²) in [7, 11) is 0. The molecule has 2 aliphatic heterocycles. The Morgan fingerprint density at radius 2 is 0.857 bits per heavy atom. The molecule has 0 fully saturated rings. The van der Waals surface area contributed by atoms with Gasteiger partial charge in [0, 0.05) is 37.3 Å². The molecule has 0 N–H and O–H groups in total. The molecule has 4 nitrogen and oxygen atoms in total. The molecular formula is C24H20N2O2. The van der Waals surface area contributed by atoms with E-state index in [2.05, 4.69) is 12.1 Å². The highest BCUT2D eigenvalue weighted by Crippen LogP contribution is 2.32. The first-order valence-corrected chi connectivity index (χ1v) is 9.51. The molecule has 2 amide bonds. The van der Waals surface area contributed by atoms with Crippen molar-refractivity contribution in [1.82, 2.24) is 9.80 Å². The monoisotopic (exact) mass is 368 g/mol. The van der Waals surface area contributed by atoms with E-state index in [0.29, 0.717) is 26.2 Å². The zero-order chi connectivity index (χ0) is 19.1. The van der Waals surface area contributed by atoms with Crippen molar-refractivity contribution < 1.29 is 9.59 Å². The lowest BCUT2D eigenvalue weighted by Gasteiger charge is -2.16. The van der Waals surface area contributed by atoms with Crippen LogP contribution in [0.5, 0.6) is 0 Å². The molecule has 28 heavy (non-hydrogen) atoms. The van der Waals surface area contributed by atoms with Gasteiger partial charge in [-0.2, -0.15) is 0 Å². The smallest absolute Gasteiger partial charge is 0.254 e. The second kappa shape index (κ2) is 6.64. The molecule has 0 saturated heterocycles. The van der Waals surface area contributed by atoms with Crippen LogP contribution in [0.15, 0.2) is 72.8 Å². The van der Waals surface area contributed by atoms with Gasteiger partial charge in [0.2, 0.25) is 0 Å². The molecule has 0 bridgehead atoms. The molecule has 0 unspecified atom stereocenters. The van der Waals surface area contributed by atoms with Gasteiger partial charge in [0.1, 0.15) is 0 Å². The fraction of sp³-hybridized carbons (Fsp3) is 0.167. The first kappa shape index (κ1) is 16.8. The molecule has 0 aromatic heterocycles. The molecule has 2 heterocycles. The van der Waals surface area contributed by atoms with Gasteiger partial charge in [0.25, 0.3) is 11.8 Å². The molecule has 5 rings (SSSR count). The Balaban J connectivity index is 1.33. The van der Waals surface area contributed by atoms with Gasteiger partial charge in [-0.1, -0.05) is 48.5 Å². The Hall–Kier alpha value is -3.40. The quantitative estimate of drug-likeness (QED) is 0.686. The molecule has 2 aliphatic rings.